The van der Waals surface area contributed by atoms with Crippen molar-refractivity contribution in [3.05, 3.63) is 71.0 Å². The van der Waals surface area contributed by atoms with E-state index in [1.54, 1.807) is 55.5 Å². The van der Waals surface area contributed by atoms with E-state index in [9.17, 15) is 14.7 Å². The minimum atomic E-state index is -0.981. The van der Waals surface area contributed by atoms with Crippen LogP contribution in [0.5, 0.6) is 17.2 Å². The molecule has 9 nitrogen and oxygen atoms in total. The molecule has 1 atom stereocenters. The molecule has 0 radical (unpaired) electrons. The highest BCUT2D eigenvalue weighted by molar-refractivity contribution is 6.51. The van der Waals surface area contributed by atoms with Gasteiger partial charge in [0.15, 0.2) is 17.3 Å². The summed E-state index contributed by atoms with van der Waals surface area (Å²) in [6, 6.07) is 12.3. The highest BCUT2D eigenvalue weighted by atomic mass is 16.5. The molecular formula is C27H28N2O7. The number of carbonyl (C=O) groups excluding carboxylic acids is 2. The van der Waals surface area contributed by atoms with Gasteiger partial charge in [0, 0.05) is 11.6 Å². The summed E-state index contributed by atoms with van der Waals surface area (Å²) < 4.78 is 21.9. The third kappa shape index (κ3) is 4.64. The molecule has 2 heterocycles. The summed E-state index contributed by atoms with van der Waals surface area (Å²) in [7, 11) is 1.50. The van der Waals surface area contributed by atoms with Crippen LogP contribution in [0.15, 0.2) is 58.6 Å². The molecule has 0 unspecified atom stereocenters. The van der Waals surface area contributed by atoms with Gasteiger partial charge in [0.2, 0.25) is 0 Å². The Balaban J connectivity index is 1.88. The molecule has 3 aromatic rings. The van der Waals surface area contributed by atoms with Crippen LogP contribution in [0.25, 0.3) is 5.76 Å². The van der Waals surface area contributed by atoms with Crippen LogP contribution >= 0.6 is 0 Å². The lowest BCUT2D eigenvalue weighted by atomic mass is 9.95. The summed E-state index contributed by atoms with van der Waals surface area (Å²) in [4.78, 5) is 27.7. The van der Waals surface area contributed by atoms with Crippen LogP contribution in [0.2, 0.25) is 0 Å². The highest BCUT2D eigenvalue weighted by Crippen LogP contribution is 2.44. The van der Waals surface area contributed by atoms with E-state index in [0.717, 1.165) is 0 Å². The molecule has 1 saturated heterocycles. The van der Waals surface area contributed by atoms with Crippen molar-refractivity contribution in [2.75, 3.05) is 18.6 Å². The van der Waals surface area contributed by atoms with Crippen molar-refractivity contribution >= 4 is 23.3 Å². The monoisotopic (exact) mass is 492 g/mol. The number of aliphatic hydroxyl groups excluding tert-OH is 1. The van der Waals surface area contributed by atoms with Crippen molar-refractivity contribution in [1.29, 1.82) is 0 Å². The molecule has 1 aliphatic heterocycles. The maximum atomic E-state index is 13.3. The van der Waals surface area contributed by atoms with Crippen LogP contribution in [-0.2, 0) is 9.59 Å². The Kier molecular flexibility index (Phi) is 7.00. The lowest BCUT2D eigenvalue weighted by Gasteiger charge is -2.23. The number of methoxy groups -OCH3 is 1. The standard InChI is InChI=1S/C27H28N2O7/c1-6-34-20-12-9-18(14-21(20)33-5)24-23(25(30)17-7-10-19(11-8-17)35-15(2)3)26(31)27(32)29(24)22-13-16(4)36-28-22/h7-15,24,30H,6H2,1-5H3/t24-/m1/s1. The van der Waals surface area contributed by atoms with E-state index in [-0.39, 0.29) is 23.3 Å². The first-order valence-electron chi connectivity index (χ1n) is 11.6. The number of carbonyl (C=O) groups is 2. The summed E-state index contributed by atoms with van der Waals surface area (Å²) >= 11 is 0. The maximum Gasteiger partial charge on any atom is 0.301 e. The van der Waals surface area contributed by atoms with Gasteiger partial charge in [-0.2, -0.15) is 0 Å². The number of benzene rings is 2. The fourth-order valence-electron chi connectivity index (χ4n) is 4.10. The average molecular weight is 493 g/mol. The van der Waals surface area contributed by atoms with Gasteiger partial charge in [0.1, 0.15) is 17.3 Å². The number of Topliss-reactive ketones (excluding diaryl/α,β-unsaturated/α-hetero) is 1. The van der Waals surface area contributed by atoms with Crippen LogP contribution in [0.3, 0.4) is 0 Å². The zero-order valence-corrected chi connectivity index (χ0v) is 20.8. The van der Waals surface area contributed by atoms with Gasteiger partial charge in [-0.1, -0.05) is 11.2 Å². The number of ether oxygens (including phenoxy) is 3. The summed E-state index contributed by atoms with van der Waals surface area (Å²) in [5.41, 5.74) is 0.809. The van der Waals surface area contributed by atoms with Crippen LogP contribution in [0.1, 0.15) is 43.7 Å². The Morgan fingerprint density at radius 1 is 1.11 bits per heavy atom. The minimum absolute atomic E-state index is 0.0182. The molecule has 0 saturated carbocycles. The summed E-state index contributed by atoms with van der Waals surface area (Å²) in [6.45, 7) is 7.79. The Morgan fingerprint density at radius 3 is 2.42 bits per heavy atom. The average Bonchev–Trinajstić information content (AvgIpc) is 3.39. The number of ketones is 1. The van der Waals surface area contributed by atoms with Crippen molar-refractivity contribution in [2.45, 2.75) is 39.8 Å². The summed E-state index contributed by atoms with van der Waals surface area (Å²) in [5.74, 6) is 0.196. The van der Waals surface area contributed by atoms with Crippen LogP contribution < -0.4 is 19.1 Å². The highest BCUT2D eigenvalue weighted by Gasteiger charge is 2.48. The van der Waals surface area contributed by atoms with Gasteiger partial charge in [-0.05, 0) is 69.7 Å². The molecule has 1 aliphatic rings. The largest absolute Gasteiger partial charge is 0.507 e. The molecule has 0 aliphatic carbocycles. The second kappa shape index (κ2) is 10.2. The molecule has 188 valence electrons. The van der Waals surface area contributed by atoms with Gasteiger partial charge in [-0.25, -0.2) is 0 Å². The van der Waals surface area contributed by atoms with Crippen LogP contribution in [0, 0.1) is 6.92 Å². The number of hydrogen-bond donors (Lipinski definition) is 1. The molecule has 0 bridgehead atoms. The smallest absolute Gasteiger partial charge is 0.301 e. The Labute approximate surface area is 208 Å². The Bertz CT molecular complexity index is 1310. The first-order chi connectivity index (χ1) is 17.2. The van der Waals surface area contributed by atoms with Crippen LogP contribution in [-0.4, -0.2) is 41.8 Å². The first kappa shape index (κ1) is 24.8. The lowest BCUT2D eigenvalue weighted by Crippen LogP contribution is -2.29. The van der Waals surface area contributed by atoms with Gasteiger partial charge in [0.25, 0.3) is 5.78 Å². The fourth-order valence-corrected chi connectivity index (χ4v) is 4.10. The van der Waals surface area contributed by atoms with Crippen molar-refractivity contribution in [3.63, 3.8) is 0 Å². The van der Waals surface area contributed by atoms with Crippen LogP contribution in [0.4, 0.5) is 5.82 Å². The topological polar surface area (TPSA) is 111 Å². The quantitative estimate of drug-likeness (QED) is 0.271. The molecule has 1 fully saturated rings. The van der Waals surface area contributed by atoms with Gasteiger partial charge in [-0.3, -0.25) is 14.5 Å². The van der Waals surface area contributed by atoms with E-state index in [4.69, 9.17) is 18.7 Å². The number of aliphatic hydroxyl groups is 1. The normalized spacial score (nSPS) is 17.1. The van der Waals surface area contributed by atoms with E-state index in [0.29, 0.717) is 40.7 Å². The Morgan fingerprint density at radius 2 is 1.83 bits per heavy atom. The minimum Gasteiger partial charge on any atom is -0.507 e. The van der Waals surface area contributed by atoms with Gasteiger partial charge >= 0.3 is 5.91 Å². The van der Waals surface area contributed by atoms with E-state index in [1.165, 1.54) is 12.0 Å². The molecule has 1 aromatic heterocycles. The first-order valence-corrected chi connectivity index (χ1v) is 11.6. The third-order valence-electron chi connectivity index (χ3n) is 5.61. The lowest BCUT2D eigenvalue weighted by molar-refractivity contribution is -0.132. The zero-order valence-electron chi connectivity index (χ0n) is 20.8. The zero-order chi connectivity index (χ0) is 26.0. The number of rotatable bonds is 8. The van der Waals surface area contributed by atoms with Gasteiger partial charge in [-0.15, -0.1) is 0 Å². The second-order valence-corrected chi connectivity index (χ2v) is 8.50. The van der Waals surface area contributed by atoms with E-state index in [1.807, 2.05) is 20.8 Å². The predicted octanol–water partition coefficient (Wildman–Crippen LogP) is 4.80. The predicted molar refractivity (Wildman–Crippen MR) is 132 cm³/mol. The van der Waals surface area contributed by atoms with Gasteiger partial charge < -0.3 is 23.8 Å². The van der Waals surface area contributed by atoms with Crippen molar-refractivity contribution in [1.82, 2.24) is 5.16 Å². The number of aryl methyl sites for hydroxylation is 1. The Hall–Kier alpha value is -4.27. The van der Waals surface area contributed by atoms with Crippen molar-refractivity contribution in [2.24, 2.45) is 0 Å². The molecule has 9 heteroatoms. The molecule has 0 spiro atoms. The number of aromatic nitrogens is 1. The molecule has 1 amide bonds. The molecular weight excluding hydrogens is 464 g/mol. The van der Waals surface area contributed by atoms with Crippen molar-refractivity contribution in [3.8, 4) is 17.2 Å². The third-order valence-corrected chi connectivity index (χ3v) is 5.61. The molecule has 1 N–H and O–H groups in total. The second-order valence-electron chi connectivity index (χ2n) is 8.50. The SMILES string of the molecule is CCOc1ccc([C@@H]2C(=C(O)c3ccc(OC(C)C)cc3)C(=O)C(=O)N2c2cc(C)on2)cc1OC. The van der Waals surface area contributed by atoms with E-state index < -0.39 is 17.7 Å². The van der Waals surface area contributed by atoms with E-state index >= 15 is 0 Å². The number of anilines is 1. The molecule has 2 aromatic carbocycles. The van der Waals surface area contributed by atoms with Crippen molar-refractivity contribution < 1.29 is 33.4 Å². The molecule has 36 heavy (non-hydrogen) atoms. The number of nitrogens with zero attached hydrogens (tertiary/aromatic N) is 2. The number of amides is 1. The van der Waals surface area contributed by atoms with Gasteiger partial charge in [0.05, 0.1) is 31.4 Å². The maximum absolute atomic E-state index is 13.3. The van der Waals surface area contributed by atoms with E-state index in [2.05, 4.69) is 5.16 Å². The summed E-state index contributed by atoms with van der Waals surface area (Å²) in [6.07, 6.45) is -0.0182. The molecule has 4 rings (SSSR count). The fraction of sp³-hybridized carbons (Fsp3) is 0.296. The number of hydrogen-bond acceptors (Lipinski definition) is 8. The summed E-state index contributed by atoms with van der Waals surface area (Å²) in [5, 5.41) is 15.2.